The van der Waals surface area contributed by atoms with Crippen LogP contribution in [0.4, 0.5) is 24.5 Å². The van der Waals surface area contributed by atoms with Gasteiger partial charge in [0, 0.05) is 22.5 Å². The molecule has 0 bridgehead atoms. The van der Waals surface area contributed by atoms with Crippen LogP contribution >= 0.6 is 12.2 Å². The summed E-state index contributed by atoms with van der Waals surface area (Å²) in [5.74, 6) is -1.70. The quantitative estimate of drug-likeness (QED) is 0.341. The molecular weight excluding hydrogens is 483 g/mol. The molecule has 0 aliphatic rings. The highest BCUT2D eigenvalue weighted by atomic mass is 32.1. The molecule has 3 aromatic carbocycles. The van der Waals surface area contributed by atoms with Crippen LogP contribution in [0.5, 0.6) is 0 Å². The molecule has 0 aromatic heterocycles. The molecule has 180 valence electrons. The third-order valence-electron chi connectivity index (χ3n) is 4.63. The summed E-state index contributed by atoms with van der Waals surface area (Å²) in [6.07, 6.45) is -4.53. The van der Waals surface area contributed by atoms with Crippen LogP contribution in [0.2, 0.25) is 0 Å². The topological polar surface area (TPSA) is 96.5 Å². The van der Waals surface area contributed by atoms with E-state index in [1.165, 1.54) is 55.6 Å². The molecule has 7 nitrogen and oxygen atoms in total. The lowest BCUT2D eigenvalue weighted by Crippen LogP contribution is -2.34. The van der Waals surface area contributed by atoms with Gasteiger partial charge in [-0.25, -0.2) is 4.79 Å². The number of carbonyl (C=O) groups excluding carboxylic acids is 3. The van der Waals surface area contributed by atoms with Gasteiger partial charge in [0.1, 0.15) is 0 Å². The molecular formula is C24H18F3N3O4S. The van der Waals surface area contributed by atoms with Gasteiger partial charge in [0.2, 0.25) is 0 Å². The lowest BCUT2D eigenvalue weighted by Gasteiger charge is -2.12. The van der Waals surface area contributed by atoms with Crippen molar-refractivity contribution in [2.24, 2.45) is 0 Å². The van der Waals surface area contributed by atoms with E-state index in [2.05, 4.69) is 20.7 Å². The van der Waals surface area contributed by atoms with Crippen LogP contribution in [0.3, 0.4) is 0 Å². The number of hydrogen-bond donors (Lipinski definition) is 3. The van der Waals surface area contributed by atoms with Crippen molar-refractivity contribution in [3.05, 3.63) is 95.1 Å². The number of halogens is 3. The smallest absolute Gasteiger partial charge is 0.416 e. The number of carbonyl (C=O) groups is 3. The van der Waals surface area contributed by atoms with Gasteiger partial charge in [0.25, 0.3) is 11.8 Å². The minimum absolute atomic E-state index is 0.0100. The second-order valence-electron chi connectivity index (χ2n) is 7.09. The van der Waals surface area contributed by atoms with Crippen LogP contribution in [0.15, 0.2) is 72.8 Å². The standard InChI is InChI=1S/C24H18F3N3O4S/c1-34-22(33)15-10-8-14(9-11-15)20(31)30-23(35)29-18-6-2-4-16(12-18)21(32)28-19-7-3-5-17(13-19)24(25,26)27/h2-13H,1H3,(H,28,32)(H2,29,30,31,35). The Balaban J connectivity index is 1.62. The van der Waals surface area contributed by atoms with Gasteiger partial charge in [-0.3, -0.25) is 14.9 Å². The number of hydrogen-bond acceptors (Lipinski definition) is 5. The fourth-order valence-corrected chi connectivity index (χ4v) is 3.14. The molecule has 0 spiro atoms. The van der Waals surface area contributed by atoms with Crippen LogP contribution in [-0.2, 0) is 10.9 Å². The molecule has 11 heteroatoms. The van der Waals surface area contributed by atoms with E-state index in [1.807, 2.05) is 0 Å². The zero-order chi connectivity index (χ0) is 25.6. The molecule has 0 unspecified atom stereocenters. The average Bonchev–Trinajstić information content (AvgIpc) is 2.83. The van der Waals surface area contributed by atoms with Crippen molar-refractivity contribution < 1.29 is 32.3 Å². The number of ether oxygens (including phenoxy) is 1. The summed E-state index contributed by atoms with van der Waals surface area (Å²) in [4.78, 5) is 36.4. The number of alkyl halides is 3. The van der Waals surface area contributed by atoms with E-state index in [9.17, 15) is 27.6 Å². The predicted molar refractivity (Wildman–Crippen MR) is 127 cm³/mol. The van der Waals surface area contributed by atoms with Gasteiger partial charge in [-0.2, -0.15) is 13.2 Å². The van der Waals surface area contributed by atoms with Crippen molar-refractivity contribution in [2.75, 3.05) is 17.7 Å². The van der Waals surface area contributed by atoms with Gasteiger partial charge in [-0.15, -0.1) is 0 Å². The molecule has 0 fully saturated rings. The minimum Gasteiger partial charge on any atom is -0.465 e. The summed E-state index contributed by atoms with van der Waals surface area (Å²) >= 11 is 5.14. The molecule has 3 aromatic rings. The van der Waals surface area contributed by atoms with Crippen LogP contribution in [0, 0.1) is 0 Å². The number of esters is 1. The Morgan fingerprint density at radius 1 is 0.771 bits per heavy atom. The number of anilines is 2. The lowest BCUT2D eigenvalue weighted by molar-refractivity contribution is -0.137. The Hall–Kier alpha value is -4.25. The first-order chi connectivity index (χ1) is 16.6. The maximum atomic E-state index is 12.9. The number of methoxy groups -OCH3 is 1. The molecule has 0 saturated heterocycles. The van der Waals surface area contributed by atoms with E-state index >= 15 is 0 Å². The Morgan fingerprint density at radius 3 is 2.00 bits per heavy atom. The zero-order valence-electron chi connectivity index (χ0n) is 18.1. The maximum absolute atomic E-state index is 12.9. The monoisotopic (exact) mass is 501 g/mol. The fourth-order valence-electron chi connectivity index (χ4n) is 2.93. The van der Waals surface area contributed by atoms with Gasteiger partial charge < -0.3 is 15.4 Å². The van der Waals surface area contributed by atoms with Crippen molar-refractivity contribution >= 4 is 46.5 Å². The van der Waals surface area contributed by atoms with E-state index in [1.54, 1.807) is 12.1 Å². The first-order valence-corrected chi connectivity index (χ1v) is 10.4. The number of benzene rings is 3. The van der Waals surface area contributed by atoms with Gasteiger partial charge in [-0.05, 0) is 72.9 Å². The first-order valence-electron chi connectivity index (χ1n) is 9.96. The third kappa shape index (κ3) is 6.87. The minimum atomic E-state index is -4.53. The largest absolute Gasteiger partial charge is 0.465 e. The molecule has 35 heavy (non-hydrogen) atoms. The molecule has 0 radical (unpaired) electrons. The highest BCUT2D eigenvalue weighted by molar-refractivity contribution is 7.80. The summed E-state index contributed by atoms with van der Waals surface area (Å²) < 4.78 is 43.3. The molecule has 0 saturated carbocycles. The molecule has 2 amide bonds. The summed E-state index contributed by atoms with van der Waals surface area (Å²) in [7, 11) is 1.25. The van der Waals surface area contributed by atoms with Crippen molar-refractivity contribution in [3.63, 3.8) is 0 Å². The second-order valence-corrected chi connectivity index (χ2v) is 7.50. The number of rotatable bonds is 5. The molecule has 0 atom stereocenters. The normalized spacial score (nSPS) is 10.7. The summed E-state index contributed by atoms with van der Waals surface area (Å²) in [6, 6.07) is 16.0. The Labute approximate surface area is 203 Å². The van der Waals surface area contributed by atoms with Crippen molar-refractivity contribution in [1.82, 2.24) is 5.32 Å². The van der Waals surface area contributed by atoms with Crippen molar-refractivity contribution in [3.8, 4) is 0 Å². The summed E-state index contributed by atoms with van der Waals surface area (Å²) in [6.45, 7) is 0. The van der Waals surface area contributed by atoms with Crippen molar-refractivity contribution in [1.29, 1.82) is 0 Å². The number of amides is 2. The second kappa shape index (κ2) is 10.8. The van der Waals surface area contributed by atoms with E-state index < -0.39 is 29.5 Å². The average molecular weight is 501 g/mol. The lowest BCUT2D eigenvalue weighted by atomic mass is 10.1. The highest BCUT2D eigenvalue weighted by Gasteiger charge is 2.30. The van der Waals surface area contributed by atoms with E-state index in [0.717, 1.165) is 12.1 Å². The van der Waals surface area contributed by atoms with Crippen LogP contribution < -0.4 is 16.0 Å². The van der Waals surface area contributed by atoms with Gasteiger partial charge >= 0.3 is 12.1 Å². The van der Waals surface area contributed by atoms with Crippen LogP contribution in [0.25, 0.3) is 0 Å². The molecule has 0 aliphatic heterocycles. The van der Waals surface area contributed by atoms with Gasteiger partial charge in [0.05, 0.1) is 18.2 Å². The fraction of sp³-hybridized carbons (Fsp3) is 0.0833. The summed E-state index contributed by atoms with van der Waals surface area (Å²) in [5, 5.41) is 7.61. The highest BCUT2D eigenvalue weighted by Crippen LogP contribution is 2.30. The molecule has 0 heterocycles. The van der Waals surface area contributed by atoms with Crippen LogP contribution in [-0.4, -0.2) is 30.0 Å². The molecule has 3 rings (SSSR count). The Morgan fingerprint density at radius 2 is 1.37 bits per heavy atom. The van der Waals surface area contributed by atoms with E-state index in [4.69, 9.17) is 12.2 Å². The first kappa shape index (κ1) is 25.4. The molecule has 0 aliphatic carbocycles. The predicted octanol–water partition coefficient (Wildman–Crippen LogP) is 4.87. The summed E-state index contributed by atoms with van der Waals surface area (Å²) in [5.41, 5.74) is 0.157. The zero-order valence-corrected chi connectivity index (χ0v) is 18.9. The van der Waals surface area contributed by atoms with E-state index in [0.29, 0.717) is 5.69 Å². The van der Waals surface area contributed by atoms with Gasteiger partial charge in [-0.1, -0.05) is 12.1 Å². The Bertz CT molecular complexity index is 1280. The third-order valence-corrected chi connectivity index (χ3v) is 4.83. The SMILES string of the molecule is COC(=O)c1ccc(C(=O)NC(=S)Nc2cccc(C(=O)Nc3cccc(C(F)(F)F)c3)c2)cc1. The number of thiocarbonyl (C=S) groups is 1. The maximum Gasteiger partial charge on any atom is 0.416 e. The molecule has 3 N–H and O–H groups in total. The van der Waals surface area contributed by atoms with E-state index in [-0.39, 0.29) is 27.5 Å². The Kier molecular flexibility index (Phi) is 7.82. The van der Waals surface area contributed by atoms with Gasteiger partial charge in [0.15, 0.2) is 5.11 Å². The number of nitrogens with one attached hydrogen (secondary N) is 3. The van der Waals surface area contributed by atoms with Crippen LogP contribution in [0.1, 0.15) is 36.6 Å². The van der Waals surface area contributed by atoms with Crippen molar-refractivity contribution in [2.45, 2.75) is 6.18 Å².